The summed E-state index contributed by atoms with van der Waals surface area (Å²) in [6.45, 7) is 0.722. The van der Waals surface area contributed by atoms with Gasteiger partial charge in [0.2, 0.25) is 0 Å². The summed E-state index contributed by atoms with van der Waals surface area (Å²) in [7, 11) is 0. The number of rotatable bonds is 1. The van der Waals surface area contributed by atoms with E-state index in [4.69, 9.17) is 5.73 Å². The zero-order valence-corrected chi connectivity index (χ0v) is 10.5. The van der Waals surface area contributed by atoms with Crippen LogP contribution in [0.4, 0.5) is 21.9 Å². The van der Waals surface area contributed by atoms with Crippen LogP contribution in [0.25, 0.3) is 0 Å². The molecule has 0 bridgehead atoms. The van der Waals surface area contributed by atoms with Crippen LogP contribution < -0.4 is 16.0 Å². The molecule has 4 heteroatoms. The SMILES string of the molecule is Nc1ccc(NC(=O)N2CCc3ccccc32)cc1. The number of urea groups is 1. The lowest BCUT2D eigenvalue weighted by atomic mass is 10.2. The van der Waals surface area contributed by atoms with Crippen LogP contribution in [0.1, 0.15) is 5.56 Å². The number of hydrogen-bond donors (Lipinski definition) is 2. The molecule has 2 amide bonds. The molecule has 0 aliphatic carbocycles. The zero-order chi connectivity index (χ0) is 13.2. The summed E-state index contributed by atoms with van der Waals surface area (Å²) in [6.07, 6.45) is 0.908. The zero-order valence-electron chi connectivity index (χ0n) is 10.5. The number of para-hydroxylation sites is 1. The van der Waals surface area contributed by atoms with Crippen molar-refractivity contribution in [1.29, 1.82) is 0 Å². The van der Waals surface area contributed by atoms with Crippen LogP contribution in [0.3, 0.4) is 0 Å². The summed E-state index contributed by atoms with van der Waals surface area (Å²) in [5.41, 5.74) is 9.27. The molecule has 0 fully saturated rings. The first-order valence-corrected chi connectivity index (χ1v) is 6.26. The highest BCUT2D eigenvalue weighted by molar-refractivity contribution is 6.03. The Labute approximate surface area is 111 Å². The van der Waals surface area contributed by atoms with Gasteiger partial charge >= 0.3 is 6.03 Å². The predicted molar refractivity (Wildman–Crippen MR) is 77.4 cm³/mol. The van der Waals surface area contributed by atoms with E-state index in [1.54, 1.807) is 29.2 Å². The van der Waals surface area contributed by atoms with Gasteiger partial charge in [0.15, 0.2) is 0 Å². The predicted octanol–water partition coefficient (Wildman–Crippen LogP) is 2.86. The molecule has 3 N–H and O–H groups in total. The first-order valence-electron chi connectivity index (χ1n) is 6.26. The Morgan fingerprint density at radius 3 is 2.63 bits per heavy atom. The number of nitrogens with two attached hydrogens (primary N) is 1. The van der Waals surface area contributed by atoms with E-state index in [1.807, 2.05) is 18.2 Å². The Morgan fingerprint density at radius 1 is 1.11 bits per heavy atom. The van der Waals surface area contributed by atoms with Gasteiger partial charge in [0.05, 0.1) is 0 Å². The first kappa shape index (κ1) is 11.6. The molecule has 4 nitrogen and oxygen atoms in total. The lowest BCUT2D eigenvalue weighted by Gasteiger charge is -2.18. The molecule has 1 aliphatic rings. The number of anilines is 3. The fourth-order valence-corrected chi connectivity index (χ4v) is 2.31. The highest BCUT2D eigenvalue weighted by Gasteiger charge is 2.23. The molecule has 0 radical (unpaired) electrons. The highest BCUT2D eigenvalue weighted by atomic mass is 16.2. The number of carbonyl (C=O) groups excluding carboxylic acids is 1. The molecule has 0 spiro atoms. The van der Waals surface area contributed by atoms with Crippen LogP contribution in [-0.2, 0) is 6.42 Å². The molecule has 0 aromatic heterocycles. The topological polar surface area (TPSA) is 58.4 Å². The quantitative estimate of drug-likeness (QED) is 0.768. The van der Waals surface area contributed by atoms with E-state index in [0.29, 0.717) is 5.69 Å². The highest BCUT2D eigenvalue weighted by Crippen LogP contribution is 2.28. The van der Waals surface area contributed by atoms with Gasteiger partial charge in [-0.2, -0.15) is 0 Å². The number of hydrogen-bond acceptors (Lipinski definition) is 2. The maximum atomic E-state index is 12.2. The second kappa shape index (κ2) is 4.65. The van der Waals surface area contributed by atoms with Gasteiger partial charge in [-0.25, -0.2) is 4.79 Å². The average Bonchev–Trinajstić information content (AvgIpc) is 2.85. The summed E-state index contributed by atoms with van der Waals surface area (Å²) < 4.78 is 0. The second-order valence-corrected chi connectivity index (χ2v) is 4.58. The average molecular weight is 253 g/mol. The van der Waals surface area contributed by atoms with Gasteiger partial charge in [-0.1, -0.05) is 18.2 Å². The van der Waals surface area contributed by atoms with Gasteiger partial charge in [-0.3, -0.25) is 4.90 Å². The van der Waals surface area contributed by atoms with Crippen molar-refractivity contribution in [2.75, 3.05) is 22.5 Å². The van der Waals surface area contributed by atoms with Gasteiger partial charge in [0.25, 0.3) is 0 Å². The van der Waals surface area contributed by atoms with E-state index < -0.39 is 0 Å². The fourth-order valence-electron chi connectivity index (χ4n) is 2.31. The molecular formula is C15H15N3O. The number of amides is 2. The summed E-state index contributed by atoms with van der Waals surface area (Å²) in [5, 5.41) is 2.88. The third kappa shape index (κ3) is 2.25. The minimum atomic E-state index is -0.102. The Bertz CT molecular complexity index is 607. The number of nitrogen functional groups attached to an aromatic ring is 1. The Balaban J connectivity index is 1.77. The number of carbonyl (C=O) groups is 1. The maximum Gasteiger partial charge on any atom is 0.326 e. The normalized spacial score (nSPS) is 13.2. The van der Waals surface area contributed by atoms with E-state index >= 15 is 0 Å². The molecule has 0 saturated heterocycles. The molecule has 0 atom stereocenters. The fraction of sp³-hybridized carbons (Fsp3) is 0.133. The van der Waals surface area contributed by atoms with Crippen LogP contribution in [0.2, 0.25) is 0 Å². The second-order valence-electron chi connectivity index (χ2n) is 4.58. The first-order chi connectivity index (χ1) is 9.24. The van der Waals surface area contributed by atoms with Gasteiger partial charge in [-0.05, 0) is 42.3 Å². The number of nitrogens with zero attached hydrogens (tertiary/aromatic N) is 1. The van der Waals surface area contributed by atoms with Gasteiger partial charge in [-0.15, -0.1) is 0 Å². The molecule has 1 aliphatic heterocycles. The van der Waals surface area contributed by atoms with E-state index in [-0.39, 0.29) is 6.03 Å². The molecule has 19 heavy (non-hydrogen) atoms. The molecule has 0 unspecified atom stereocenters. The lowest BCUT2D eigenvalue weighted by molar-refractivity contribution is 0.257. The van der Waals surface area contributed by atoms with Crippen molar-refractivity contribution < 1.29 is 4.79 Å². The van der Waals surface area contributed by atoms with Gasteiger partial charge < -0.3 is 11.1 Å². The van der Waals surface area contributed by atoms with Crippen molar-refractivity contribution in [2.45, 2.75) is 6.42 Å². The van der Waals surface area contributed by atoms with Crippen molar-refractivity contribution in [3.63, 3.8) is 0 Å². The van der Waals surface area contributed by atoms with Gasteiger partial charge in [0.1, 0.15) is 0 Å². The van der Waals surface area contributed by atoms with Crippen LogP contribution in [0.15, 0.2) is 48.5 Å². The summed E-state index contributed by atoms with van der Waals surface area (Å²) in [5.74, 6) is 0. The minimum Gasteiger partial charge on any atom is -0.399 e. The van der Waals surface area contributed by atoms with Crippen molar-refractivity contribution in [2.24, 2.45) is 0 Å². The van der Waals surface area contributed by atoms with E-state index in [0.717, 1.165) is 24.3 Å². The van der Waals surface area contributed by atoms with E-state index in [1.165, 1.54) is 5.56 Å². The van der Waals surface area contributed by atoms with Crippen LogP contribution in [0.5, 0.6) is 0 Å². The van der Waals surface area contributed by atoms with Crippen molar-refractivity contribution in [1.82, 2.24) is 0 Å². The van der Waals surface area contributed by atoms with Crippen LogP contribution >= 0.6 is 0 Å². The van der Waals surface area contributed by atoms with Crippen molar-refractivity contribution in [3.8, 4) is 0 Å². The smallest absolute Gasteiger partial charge is 0.326 e. The molecule has 1 heterocycles. The number of nitrogens with one attached hydrogen (secondary N) is 1. The molecule has 2 aromatic rings. The Kier molecular flexibility index (Phi) is 2.83. The Hall–Kier alpha value is -2.49. The number of fused-ring (bicyclic) bond motifs is 1. The van der Waals surface area contributed by atoms with Gasteiger partial charge in [0, 0.05) is 23.6 Å². The molecule has 2 aromatic carbocycles. The summed E-state index contributed by atoms with van der Waals surface area (Å²) in [6, 6.07) is 15.0. The van der Waals surface area contributed by atoms with Crippen molar-refractivity contribution >= 4 is 23.1 Å². The molecule has 3 rings (SSSR count). The third-order valence-corrected chi connectivity index (χ3v) is 3.29. The Morgan fingerprint density at radius 2 is 1.84 bits per heavy atom. The minimum absolute atomic E-state index is 0.102. The van der Waals surface area contributed by atoms with E-state index in [2.05, 4.69) is 11.4 Å². The largest absolute Gasteiger partial charge is 0.399 e. The molecule has 96 valence electrons. The maximum absolute atomic E-state index is 12.2. The monoisotopic (exact) mass is 253 g/mol. The van der Waals surface area contributed by atoms with Crippen molar-refractivity contribution in [3.05, 3.63) is 54.1 Å². The molecule has 0 saturated carbocycles. The van der Waals surface area contributed by atoms with E-state index in [9.17, 15) is 4.79 Å². The standard InChI is InChI=1S/C15H15N3O/c16-12-5-7-13(8-6-12)17-15(19)18-10-9-11-3-1-2-4-14(11)18/h1-8H,9-10,16H2,(H,17,19). The summed E-state index contributed by atoms with van der Waals surface area (Å²) >= 11 is 0. The third-order valence-electron chi connectivity index (χ3n) is 3.29. The van der Waals surface area contributed by atoms with Crippen LogP contribution in [-0.4, -0.2) is 12.6 Å². The molecular weight excluding hydrogens is 238 g/mol. The summed E-state index contributed by atoms with van der Waals surface area (Å²) in [4.78, 5) is 14.0. The number of benzene rings is 2. The lowest BCUT2D eigenvalue weighted by Crippen LogP contribution is -2.33. The van der Waals surface area contributed by atoms with Crippen LogP contribution in [0, 0.1) is 0 Å².